The van der Waals surface area contributed by atoms with Crippen molar-refractivity contribution < 1.29 is 9.53 Å². The van der Waals surface area contributed by atoms with Gasteiger partial charge in [0, 0.05) is 18.7 Å². The molecule has 1 amide bonds. The number of carbonyl (C=O) groups is 1. The van der Waals surface area contributed by atoms with Crippen LogP contribution >= 0.6 is 11.3 Å². The largest absolute Gasteiger partial charge is 0.366 e. The highest BCUT2D eigenvalue weighted by Crippen LogP contribution is 2.31. The fourth-order valence-electron chi connectivity index (χ4n) is 2.62. The first-order chi connectivity index (χ1) is 11.1. The molecule has 6 heteroatoms. The molecule has 2 heterocycles. The molecule has 2 N–H and O–H groups in total. The lowest BCUT2D eigenvalue weighted by Gasteiger charge is -2.24. The lowest BCUT2D eigenvalue weighted by Crippen LogP contribution is -2.48. The van der Waals surface area contributed by atoms with E-state index in [1.807, 2.05) is 44.2 Å². The number of nitrogens with zero attached hydrogens (tertiary/aromatic N) is 1. The van der Waals surface area contributed by atoms with Crippen LogP contribution in [0.2, 0.25) is 0 Å². The number of rotatable bonds is 4. The summed E-state index contributed by atoms with van der Waals surface area (Å²) in [4.78, 5) is 18.0. The van der Waals surface area contributed by atoms with Gasteiger partial charge in [-0.2, -0.15) is 0 Å². The summed E-state index contributed by atoms with van der Waals surface area (Å²) >= 11 is 1.63. The average Bonchev–Trinajstić information content (AvgIpc) is 2.98. The van der Waals surface area contributed by atoms with Crippen molar-refractivity contribution in [2.45, 2.75) is 26.0 Å². The van der Waals surface area contributed by atoms with Crippen molar-refractivity contribution in [3.63, 3.8) is 0 Å². The van der Waals surface area contributed by atoms with Crippen LogP contribution in [0.25, 0.3) is 10.6 Å². The maximum atomic E-state index is 12.3. The van der Waals surface area contributed by atoms with Gasteiger partial charge in [-0.15, -0.1) is 11.3 Å². The number of benzene rings is 1. The fraction of sp³-hybridized carbons (Fsp3) is 0.412. The van der Waals surface area contributed by atoms with Gasteiger partial charge < -0.3 is 15.4 Å². The van der Waals surface area contributed by atoms with Crippen molar-refractivity contribution in [2.24, 2.45) is 0 Å². The molecule has 1 aromatic heterocycles. The Hall–Kier alpha value is -1.76. The van der Waals surface area contributed by atoms with Crippen LogP contribution in [0.5, 0.6) is 0 Å². The molecule has 0 spiro atoms. The number of carbonyl (C=O) groups excluding carboxylic acids is 1. The van der Waals surface area contributed by atoms with Crippen LogP contribution in [-0.2, 0) is 9.53 Å². The zero-order valence-corrected chi connectivity index (χ0v) is 14.2. The lowest BCUT2D eigenvalue weighted by molar-refractivity contribution is -0.134. The van der Waals surface area contributed by atoms with Crippen molar-refractivity contribution in [3.8, 4) is 10.6 Å². The Labute approximate surface area is 140 Å². The smallest absolute Gasteiger partial charge is 0.250 e. The molecule has 1 aliphatic heterocycles. The number of ether oxygens (including phenoxy) is 1. The van der Waals surface area contributed by atoms with Crippen LogP contribution in [-0.4, -0.2) is 36.7 Å². The molecule has 1 aromatic carbocycles. The molecule has 3 rings (SSSR count). The van der Waals surface area contributed by atoms with Crippen molar-refractivity contribution in [1.29, 1.82) is 0 Å². The Bertz CT molecular complexity index is 666. The molecular weight excluding hydrogens is 310 g/mol. The predicted octanol–water partition coefficient (Wildman–Crippen LogP) is 2.28. The third-order valence-corrected chi connectivity index (χ3v) is 5.21. The van der Waals surface area contributed by atoms with Crippen LogP contribution in [0.4, 0.5) is 0 Å². The molecular formula is C17H21N3O2S. The monoisotopic (exact) mass is 331 g/mol. The maximum absolute atomic E-state index is 12.3. The Morgan fingerprint density at radius 2 is 2.22 bits per heavy atom. The first-order valence-electron chi connectivity index (χ1n) is 7.80. The van der Waals surface area contributed by atoms with Crippen molar-refractivity contribution in [1.82, 2.24) is 15.6 Å². The van der Waals surface area contributed by atoms with E-state index in [0.29, 0.717) is 13.2 Å². The topological polar surface area (TPSA) is 63.2 Å². The van der Waals surface area contributed by atoms with Crippen LogP contribution < -0.4 is 10.6 Å². The summed E-state index contributed by atoms with van der Waals surface area (Å²) in [7, 11) is 0. The number of amides is 1. The SMILES string of the molecule is Cc1nc(-c2ccccc2)sc1C(C)NC(=O)C1CNCCO1. The van der Waals surface area contributed by atoms with Gasteiger partial charge in [-0.25, -0.2) is 4.98 Å². The molecule has 1 fully saturated rings. The Morgan fingerprint density at radius 1 is 1.43 bits per heavy atom. The van der Waals surface area contributed by atoms with Gasteiger partial charge >= 0.3 is 0 Å². The summed E-state index contributed by atoms with van der Waals surface area (Å²) in [5.41, 5.74) is 2.06. The van der Waals surface area contributed by atoms with Gasteiger partial charge in [-0.1, -0.05) is 30.3 Å². The van der Waals surface area contributed by atoms with E-state index >= 15 is 0 Å². The van der Waals surface area contributed by atoms with Crippen LogP contribution in [0.3, 0.4) is 0 Å². The van der Waals surface area contributed by atoms with Crippen LogP contribution in [0.1, 0.15) is 23.5 Å². The molecule has 23 heavy (non-hydrogen) atoms. The zero-order chi connectivity index (χ0) is 16.2. The van der Waals surface area contributed by atoms with Gasteiger partial charge in [0.05, 0.1) is 23.2 Å². The number of hydrogen-bond acceptors (Lipinski definition) is 5. The minimum Gasteiger partial charge on any atom is -0.366 e. The second-order valence-corrected chi connectivity index (χ2v) is 6.66. The van der Waals surface area contributed by atoms with Gasteiger partial charge in [0.2, 0.25) is 0 Å². The van der Waals surface area contributed by atoms with Crippen LogP contribution in [0, 0.1) is 6.92 Å². The highest BCUT2D eigenvalue weighted by molar-refractivity contribution is 7.15. The number of nitrogens with one attached hydrogen (secondary N) is 2. The van der Waals surface area contributed by atoms with Gasteiger partial charge in [0.1, 0.15) is 11.1 Å². The van der Waals surface area contributed by atoms with E-state index in [4.69, 9.17) is 4.74 Å². The number of thiazole rings is 1. The predicted molar refractivity (Wildman–Crippen MR) is 91.5 cm³/mol. The second-order valence-electron chi connectivity index (χ2n) is 5.63. The van der Waals surface area contributed by atoms with Gasteiger partial charge in [0.15, 0.2) is 0 Å². The lowest BCUT2D eigenvalue weighted by atomic mass is 10.2. The first-order valence-corrected chi connectivity index (χ1v) is 8.62. The molecule has 0 bridgehead atoms. The molecule has 2 aromatic rings. The molecule has 2 atom stereocenters. The standard InChI is InChI=1S/C17H21N3O2S/c1-11(19-16(21)14-10-18-8-9-22-14)15-12(2)20-17(23-15)13-6-4-3-5-7-13/h3-7,11,14,18H,8-10H2,1-2H3,(H,19,21). The Kier molecular flexibility index (Phi) is 5.05. The highest BCUT2D eigenvalue weighted by Gasteiger charge is 2.24. The van der Waals surface area contributed by atoms with Gasteiger partial charge in [-0.05, 0) is 13.8 Å². The highest BCUT2D eigenvalue weighted by atomic mass is 32.1. The van der Waals surface area contributed by atoms with Gasteiger partial charge in [0.25, 0.3) is 5.91 Å². The van der Waals surface area contributed by atoms with Crippen molar-refractivity contribution >= 4 is 17.2 Å². The Morgan fingerprint density at radius 3 is 2.91 bits per heavy atom. The maximum Gasteiger partial charge on any atom is 0.250 e. The number of aryl methyl sites for hydroxylation is 1. The fourth-order valence-corrected chi connectivity index (χ4v) is 3.69. The average molecular weight is 331 g/mol. The van der Waals surface area contributed by atoms with E-state index < -0.39 is 6.10 Å². The molecule has 2 unspecified atom stereocenters. The normalized spacial score (nSPS) is 19.3. The van der Waals surface area contributed by atoms with Crippen molar-refractivity contribution in [2.75, 3.05) is 19.7 Å². The quantitative estimate of drug-likeness (QED) is 0.902. The van der Waals surface area contributed by atoms with E-state index in [2.05, 4.69) is 15.6 Å². The molecule has 0 saturated carbocycles. The summed E-state index contributed by atoms with van der Waals surface area (Å²) < 4.78 is 5.49. The summed E-state index contributed by atoms with van der Waals surface area (Å²) in [6.07, 6.45) is -0.409. The van der Waals surface area contributed by atoms with E-state index in [1.165, 1.54) is 0 Å². The minimum atomic E-state index is -0.409. The first kappa shape index (κ1) is 16.1. The molecule has 0 radical (unpaired) electrons. The summed E-state index contributed by atoms with van der Waals surface area (Å²) in [6.45, 7) is 5.91. The van der Waals surface area contributed by atoms with Crippen LogP contribution in [0.15, 0.2) is 30.3 Å². The number of morpholine rings is 1. The molecule has 0 aliphatic carbocycles. The zero-order valence-electron chi connectivity index (χ0n) is 13.3. The summed E-state index contributed by atoms with van der Waals surface area (Å²) in [5.74, 6) is -0.0706. The minimum absolute atomic E-state index is 0.0706. The van der Waals surface area contributed by atoms with Gasteiger partial charge in [-0.3, -0.25) is 4.79 Å². The third-order valence-electron chi connectivity index (χ3n) is 3.83. The molecule has 1 aliphatic rings. The number of hydrogen-bond donors (Lipinski definition) is 2. The van der Waals surface area contributed by atoms with E-state index in [9.17, 15) is 4.79 Å². The van der Waals surface area contributed by atoms with E-state index in [1.54, 1.807) is 11.3 Å². The molecule has 122 valence electrons. The molecule has 5 nitrogen and oxygen atoms in total. The number of aromatic nitrogens is 1. The summed E-state index contributed by atoms with van der Waals surface area (Å²) in [5, 5.41) is 7.19. The molecule has 1 saturated heterocycles. The second kappa shape index (κ2) is 7.21. The van der Waals surface area contributed by atoms with Crippen molar-refractivity contribution in [3.05, 3.63) is 40.9 Å². The Balaban J connectivity index is 1.71. The third kappa shape index (κ3) is 3.77. The van der Waals surface area contributed by atoms with E-state index in [0.717, 1.165) is 27.7 Å². The van der Waals surface area contributed by atoms with E-state index in [-0.39, 0.29) is 11.9 Å². The summed E-state index contributed by atoms with van der Waals surface area (Å²) in [6, 6.07) is 10.0.